The van der Waals surface area contributed by atoms with Gasteiger partial charge in [0.25, 0.3) is 0 Å². The molecule has 6 rings (SSSR count). The van der Waals surface area contributed by atoms with Gasteiger partial charge >= 0.3 is 0 Å². The fraction of sp³-hybridized carbons (Fsp3) is 0.310. The monoisotopic (exact) mass is 468 g/mol. The molecule has 2 heterocycles. The van der Waals surface area contributed by atoms with Crippen LogP contribution in [0, 0.1) is 13.8 Å². The van der Waals surface area contributed by atoms with E-state index in [9.17, 15) is 9.59 Å². The third-order valence-corrected chi connectivity index (χ3v) is 7.43. The Morgan fingerprint density at radius 3 is 2.11 bits per heavy atom. The Bertz CT molecular complexity index is 1290. The number of carbonyl (C=O) groups excluding carboxylic acids is 2. The van der Waals surface area contributed by atoms with Crippen LogP contribution in [0.2, 0.25) is 0 Å². The third kappa shape index (κ3) is 3.39. The molecule has 2 aliphatic heterocycles. The van der Waals surface area contributed by atoms with Gasteiger partial charge in [-0.05, 0) is 25.5 Å². The van der Waals surface area contributed by atoms with Gasteiger partial charge in [0.15, 0.2) is 28.6 Å². The van der Waals surface area contributed by atoms with E-state index in [0.717, 1.165) is 53.4 Å². The Morgan fingerprint density at radius 1 is 0.800 bits per heavy atom. The second kappa shape index (κ2) is 8.33. The zero-order valence-electron chi connectivity index (χ0n) is 20.0. The zero-order chi connectivity index (χ0) is 24.2. The van der Waals surface area contributed by atoms with E-state index < -0.39 is 5.54 Å². The van der Waals surface area contributed by atoms with Crippen LogP contribution in [0.15, 0.2) is 60.7 Å². The quantitative estimate of drug-likeness (QED) is 0.537. The molecule has 3 aromatic rings. The van der Waals surface area contributed by atoms with Crippen LogP contribution >= 0.6 is 0 Å². The van der Waals surface area contributed by atoms with Crippen molar-refractivity contribution in [2.75, 3.05) is 33.0 Å². The number of hydrogen-bond acceptors (Lipinski definition) is 6. The standard InChI is InChI=1S/C29H28N2O4/c1-19-14-20(2)16-22(15-19)29(27(32)23-7-3-4-8-24(23)28(29)33)31-12-10-30(11-13-31)17-21-6-5-9-25-26(21)35-18-34-25/h3-9,14-16H,10-13,17-18H2,1-2H3. The topological polar surface area (TPSA) is 59.1 Å². The van der Waals surface area contributed by atoms with Crippen LogP contribution in [0.3, 0.4) is 0 Å². The molecular weight excluding hydrogens is 440 g/mol. The van der Waals surface area contributed by atoms with Gasteiger partial charge in [-0.1, -0.05) is 65.7 Å². The molecule has 0 unspecified atom stereocenters. The van der Waals surface area contributed by atoms with Gasteiger partial charge in [0.1, 0.15) is 0 Å². The van der Waals surface area contributed by atoms with Crippen molar-refractivity contribution < 1.29 is 19.1 Å². The van der Waals surface area contributed by atoms with Crippen molar-refractivity contribution in [3.63, 3.8) is 0 Å². The summed E-state index contributed by atoms with van der Waals surface area (Å²) < 4.78 is 11.2. The number of nitrogens with zero attached hydrogens (tertiary/aromatic N) is 2. The number of benzene rings is 3. The van der Waals surface area contributed by atoms with Crippen molar-refractivity contribution in [3.8, 4) is 11.5 Å². The van der Waals surface area contributed by atoms with Crippen molar-refractivity contribution in [1.29, 1.82) is 0 Å². The predicted octanol–water partition coefficient (Wildman–Crippen LogP) is 4.12. The van der Waals surface area contributed by atoms with E-state index >= 15 is 0 Å². The average Bonchev–Trinajstić information content (AvgIpc) is 3.42. The number of fused-ring (bicyclic) bond motifs is 2. The average molecular weight is 469 g/mol. The first kappa shape index (κ1) is 22.0. The molecule has 0 amide bonds. The highest BCUT2D eigenvalue weighted by Gasteiger charge is 2.58. The molecule has 1 fully saturated rings. The van der Waals surface area contributed by atoms with Gasteiger partial charge in [0, 0.05) is 49.4 Å². The SMILES string of the molecule is Cc1cc(C)cc(C2(N3CCN(Cc4cccc5c4OCO5)CC3)C(=O)c3ccccc3C2=O)c1. The third-order valence-electron chi connectivity index (χ3n) is 7.43. The summed E-state index contributed by atoms with van der Waals surface area (Å²) in [6.07, 6.45) is 0. The van der Waals surface area contributed by atoms with E-state index in [0.29, 0.717) is 24.2 Å². The van der Waals surface area contributed by atoms with Gasteiger partial charge in [-0.25, -0.2) is 0 Å². The van der Waals surface area contributed by atoms with Crippen molar-refractivity contribution in [2.45, 2.75) is 25.9 Å². The predicted molar refractivity (Wildman–Crippen MR) is 132 cm³/mol. The maximum Gasteiger partial charge on any atom is 0.231 e. The summed E-state index contributed by atoms with van der Waals surface area (Å²) in [4.78, 5) is 32.5. The molecule has 6 heteroatoms. The van der Waals surface area contributed by atoms with Crippen LogP contribution in [-0.2, 0) is 12.1 Å². The number of hydrogen-bond donors (Lipinski definition) is 0. The molecule has 0 bridgehead atoms. The van der Waals surface area contributed by atoms with Crippen LogP contribution in [0.25, 0.3) is 0 Å². The van der Waals surface area contributed by atoms with Crippen LogP contribution in [0.4, 0.5) is 0 Å². The molecular formula is C29H28N2O4. The lowest BCUT2D eigenvalue weighted by molar-refractivity contribution is 0.0278. The number of para-hydroxylation sites is 1. The summed E-state index contributed by atoms with van der Waals surface area (Å²) in [5.74, 6) is 1.39. The van der Waals surface area contributed by atoms with Crippen molar-refractivity contribution in [3.05, 3.63) is 94.0 Å². The van der Waals surface area contributed by atoms with Crippen LogP contribution < -0.4 is 9.47 Å². The maximum absolute atomic E-state index is 14.0. The van der Waals surface area contributed by atoms with E-state index in [1.165, 1.54) is 0 Å². The Morgan fingerprint density at radius 2 is 1.46 bits per heavy atom. The summed E-state index contributed by atoms with van der Waals surface area (Å²) in [5, 5.41) is 0. The lowest BCUT2D eigenvalue weighted by Gasteiger charge is -2.44. The minimum Gasteiger partial charge on any atom is -0.454 e. The number of carbonyl (C=O) groups is 2. The van der Waals surface area contributed by atoms with Crippen molar-refractivity contribution >= 4 is 11.6 Å². The highest BCUT2D eigenvalue weighted by atomic mass is 16.7. The van der Waals surface area contributed by atoms with E-state index in [2.05, 4.69) is 21.9 Å². The normalized spacial score (nSPS) is 19.3. The summed E-state index contributed by atoms with van der Waals surface area (Å²) in [7, 11) is 0. The molecule has 35 heavy (non-hydrogen) atoms. The van der Waals surface area contributed by atoms with Gasteiger partial charge in [-0.15, -0.1) is 0 Å². The molecule has 0 N–H and O–H groups in total. The Balaban J connectivity index is 1.33. The smallest absolute Gasteiger partial charge is 0.231 e. The van der Waals surface area contributed by atoms with Gasteiger partial charge in [0.2, 0.25) is 6.79 Å². The Kier molecular flexibility index (Phi) is 5.24. The van der Waals surface area contributed by atoms with Gasteiger partial charge in [-0.2, -0.15) is 0 Å². The molecule has 178 valence electrons. The van der Waals surface area contributed by atoms with Crippen LogP contribution in [-0.4, -0.2) is 54.3 Å². The van der Waals surface area contributed by atoms with E-state index in [4.69, 9.17) is 9.47 Å². The minimum atomic E-state index is -1.31. The number of ketones is 2. The molecule has 0 spiro atoms. The summed E-state index contributed by atoms with van der Waals surface area (Å²) in [5.41, 5.74) is 3.72. The van der Waals surface area contributed by atoms with E-state index in [-0.39, 0.29) is 18.4 Å². The molecule has 6 nitrogen and oxygen atoms in total. The van der Waals surface area contributed by atoms with Crippen LogP contribution in [0.5, 0.6) is 11.5 Å². The molecule has 0 aromatic heterocycles. The lowest BCUT2D eigenvalue weighted by Crippen LogP contribution is -2.60. The molecule has 3 aromatic carbocycles. The minimum absolute atomic E-state index is 0.108. The second-order valence-electron chi connectivity index (χ2n) is 9.70. The highest BCUT2D eigenvalue weighted by Crippen LogP contribution is 2.44. The molecule has 3 aliphatic rings. The maximum atomic E-state index is 14.0. The van der Waals surface area contributed by atoms with E-state index in [1.54, 1.807) is 12.1 Å². The summed E-state index contributed by atoms with van der Waals surface area (Å²) in [6, 6.07) is 19.3. The van der Waals surface area contributed by atoms with Crippen molar-refractivity contribution in [1.82, 2.24) is 9.80 Å². The zero-order valence-corrected chi connectivity index (χ0v) is 20.0. The number of Topliss-reactive ketones (excluding diaryl/α,β-unsaturated/α-hetero) is 2. The highest BCUT2D eigenvalue weighted by molar-refractivity contribution is 6.32. The molecule has 1 aliphatic carbocycles. The van der Waals surface area contributed by atoms with E-state index in [1.807, 2.05) is 50.2 Å². The fourth-order valence-electron chi connectivity index (χ4n) is 5.89. The summed E-state index contributed by atoms with van der Waals surface area (Å²) >= 11 is 0. The Labute approximate surface area is 205 Å². The Hall–Kier alpha value is -3.48. The summed E-state index contributed by atoms with van der Waals surface area (Å²) in [6.45, 7) is 7.74. The largest absolute Gasteiger partial charge is 0.454 e. The molecule has 0 saturated carbocycles. The number of piperazine rings is 1. The second-order valence-corrected chi connectivity index (χ2v) is 9.70. The number of rotatable bonds is 4. The van der Waals surface area contributed by atoms with Gasteiger partial charge < -0.3 is 9.47 Å². The number of ether oxygens (including phenoxy) is 2. The lowest BCUT2D eigenvalue weighted by atomic mass is 9.81. The first-order valence-electron chi connectivity index (χ1n) is 12.1. The first-order valence-corrected chi connectivity index (χ1v) is 12.1. The fourth-order valence-corrected chi connectivity index (χ4v) is 5.89. The van der Waals surface area contributed by atoms with Crippen LogP contribution in [0.1, 0.15) is 43.0 Å². The molecule has 0 radical (unpaired) electrons. The number of aryl methyl sites for hydroxylation is 2. The first-order chi connectivity index (χ1) is 17.0. The molecule has 0 atom stereocenters. The molecule has 1 saturated heterocycles. The van der Waals surface area contributed by atoms with Crippen molar-refractivity contribution in [2.24, 2.45) is 0 Å². The van der Waals surface area contributed by atoms with Gasteiger partial charge in [0.05, 0.1) is 0 Å². The van der Waals surface area contributed by atoms with Gasteiger partial charge in [-0.3, -0.25) is 19.4 Å².